The quantitative estimate of drug-likeness (QED) is 0.660. The summed E-state index contributed by atoms with van der Waals surface area (Å²) in [5.41, 5.74) is 6.12. The Bertz CT molecular complexity index is 724. The van der Waals surface area contributed by atoms with E-state index in [9.17, 15) is 13.2 Å². The standard InChI is InChI=1S/C16H27N5O3S.ClH/c1-10(20-25(23,24)14-8-18-21(2)9-14)16(22)19-15-11-4-3-5-12(15)7-13(17)6-11;/h8-13,15,20H,3-7,17H2,1-2H3,(H,19,22);1H. The Hall–Kier alpha value is -1.16. The van der Waals surface area contributed by atoms with Crippen LogP contribution in [0.3, 0.4) is 0 Å². The lowest BCUT2D eigenvalue weighted by molar-refractivity contribution is -0.124. The fourth-order valence-electron chi connectivity index (χ4n) is 4.21. The first-order chi connectivity index (χ1) is 11.8. The van der Waals surface area contributed by atoms with Crippen LogP contribution in [0.15, 0.2) is 17.3 Å². The molecule has 148 valence electrons. The number of carbonyl (C=O) groups is 1. The molecule has 2 aliphatic carbocycles. The number of fused-ring (bicyclic) bond motifs is 2. The number of nitrogens with one attached hydrogen (secondary N) is 2. The molecule has 3 rings (SSSR count). The van der Waals surface area contributed by atoms with Gasteiger partial charge in [0.05, 0.1) is 12.2 Å². The van der Waals surface area contributed by atoms with Gasteiger partial charge in [0, 0.05) is 25.3 Å². The number of hydrogen-bond acceptors (Lipinski definition) is 5. The Labute approximate surface area is 160 Å². The Balaban J connectivity index is 0.00000243. The number of nitrogens with two attached hydrogens (primary N) is 1. The van der Waals surface area contributed by atoms with Crippen molar-refractivity contribution in [1.29, 1.82) is 0 Å². The number of nitrogens with zero attached hydrogens (tertiary/aromatic N) is 2. The molecule has 2 bridgehead atoms. The van der Waals surface area contributed by atoms with E-state index in [-0.39, 0.29) is 35.3 Å². The molecule has 4 N–H and O–H groups in total. The molecule has 0 radical (unpaired) electrons. The van der Waals surface area contributed by atoms with Crippen LogP contribution in [0, 0.1) is 11.8 Å². The number of sulfonamides is 1. The van der Waals surface area contributed by atoms with Gasteiger partial charge in [0.2, 0.25) is 15.9 Å². The van der Waals surface area contributed by atoms with Crippen LogP contribution in [0.5, 0.6) is 0 Å². The van der Waals surface area contributed by atoms with Crippen molar-refractivity contribution in [3.05, 3.63) is 12.4 Å². The molecule has 3 atom stereocenters. The highest BCUT2D eigenvalue weighted by Crippen LogP contribution is 2.39. The molecule has 3 unspecified atom stereocenters. The molecule has 26 heavy (non-hydrogen) atoms. The summed E-state index contributed by atoms with van der Waals surface area (Å²) in [6.45, 7) is 1.56. The highest BCUT2D eigenvalue weighted by Gasteiger charge is 2.40. The molecule has 1 aromatic rings. The van der Waals surface area contributed by atoms with Crippen LogP contribution in [-0.4, -0.2) is 42.2 Å². The zero-order valence-electron chi connectivity index (χ0n) is 15.1. The van der Waals surface area contributed by atoms with E-state index in [0.29, 0.717) is 11.8 Å². The number of hydrogen-bond donors (Lipinski definition) is 3. The van der Waals surface area contributed by atoms with Crippen LogP contribution in [0.4, 0.5) is 0 Å². The van der Waals surface area contributed by atoms with Gasteiger partial charge >= 0.3 is 0 Å². The Morgan fingerprint density at radius 3 is 2.50 bits per heavy atom. The number of aryl methyl sites for hydroxylation is 1. The largest absolute Gasteiger partial charge is 0.351 e. The second kappa shape index (κ2) is 8.24. The summed E-state index contributed by atoms with van der Waals surface area (Å²) in [6.07, 6.45) is 7.85. The van der Waals surface area contributed by atoms with Crippen molar-refractivity contribution in [2.24, 2.45) is 24.6 Å². The van der Waals surface area contributed by atoms with Gasteiger partial charge in [-0.2, -0.15) is 9.82 Å². The van der Waals surface area contributed by atoms with Crippen LogP contribution in [-0.2, 0) is 21.9 Å². The zero-order chi connectivity index (χ0) is 18.2. The van der Waals surface area contributed by atoms with E-state index in [0.717, 1.165) is 25.7 Å². The first-order valence-electron chi connectivity index (χ1n) is 8.83. The van der Waals surface area contributed by atoms with E-state index in [1.807, 2.05) is 0 Å². The molecule has 2 saturated carbocycles. The van der Waals surface area contributed by atoms with Crippen molar-refractivity contribution >= 4 is 28.3 Å². The van der Waals surface area contributed by atoms with Gasteiger partial charge in [-0.3, -0.25) is 9.48 Å². The third-order valence-electron chi connectivity index (χ3n) is 5.40. The van der Waals surface area contributed by atoms with E-state index in [1.54, 1.807) is 14.0 Å². The number of halogens is 1. The first-order valence-corrected chi connectivity index (χ1v) is 10.3. The predicted octanol–water partition coefficient (Wildman–Crippen LogP) is 0.531. The van der Waals surface area contributed by atoms with Gasteiger partial charge in [0.25, 0.3) is 0 Å². The Kier molecular flexibility index (Phi) is 6.70. The van der Waals surface area contributed by atoms with Gasteiger partial charge in [-0.25, -0.2) is 8.42 Å². The fraction of sp³-hybridized carbons (Fsp3) is 0.750. The topological polar surface area (TPSA) is 119 Å². The van der Waals surface area contributed by atoms with Crippen LogP contribution in [0.2, 0.25) is 0 Å². The predicted molar refractivity (Wildman–Crippen MR) is 100 cm³/mol. The van der Waals surface area contributed by atoms with Crippen LogP contribution in [0.25, 0.3) is 0 Å². The van der Waals surface area contributed by atoms with E-state index in [4.69, 9.17) is 5.73 Å². The SMILES string of the molecule is CC(NS(=O)(=O)c1cnn(C)c1)C(=O)NC1C2CCCC1CC(N)C2.Cl. The summed E-state index contributed by atoms with van der Waals surface area (Å²) in [7, 11) is -2.13. The van der Waals surface area contributed by atoms with Gasteiger partial charge in [-0.15, -0.1) is 12.4 Å². The number of rotatable bonds is 5. The smallest absolute Gasteiger partial charge is 0.244 e. The number of amides is 1. The maximum absolute atomic E-state index is 12.5. The van der Waals surface area contributed by atoms with Crippen molar-refractivity contribution < 1.29 is 13.2 Å². The maximum atomic E-state index is 12.5. The summed E-state index contributed by atoms with van der Waals surface area (Å²) in [6, 6.07) is -0.530. The molecule has 1 heterocycles. The van der Waals surface area contributed by atoms with Crippen LogP contribution < -0.4 is 15.8 Å². The van der Waals surface area contributed by atoms with Crippen molar-refractivity contribution in [2.75, 3.05) is 0 Å². The normalized spacial score (nSPS) is 29.5. The molecule has 2 aliphatic rings. The van der Waals surface area contributed by atoms with Gasteiger partial charge in [-0.05, 0) is 44.4 Å². The lowest BCUT2D eigenvalue weighted by Gasteiger charge is -2.45. The minimum Gasteiger partial charge on any atom is -0.351 e. The van der Waals surface area contributed by atoms with E-state index < -0.39 is 16.1 Å². The zero-order valence-corrected chi connectivity index (χ0v) is 16.7. The molecule has 10 heteroatoms. The van der Waals surface area contributed by atoms with Crippen molar-refractivity contribution in [2.45, 2.75) is 62.0 Å². The lowest BCUT2D eigenvalue weighted by Crippen LogP contribution is -2.57. The average Bonchev–Trinajstić information content (AvgIpc) is 2.95. The van der Waals surface area contributed by atoms with E-state index in [1.165, 1.54) is 23.5 Å². The first kappa shape index (κ1) is 21.1. The molecule has 1 amide bonds. The van der Waals surface area contributed by atoms with E-state index in [2.05, 4.69) is 15.1 Å². The van der Waals surface area contributed by atoms with Gasteiger partial charge in [-0.1, -0.05) is 6.42 Å². The highest BCUT2D eigenvalue weighted by atomic mass is 35.5. The van der Waals surface area contributed by atoms with Gasteiger partial charge in [0.15, 0.2) is 0 Å². The molecule has 0 saturated heterocycles. The van der Waals surface area contributed by atoms with E-state index >= 15 is 0 Å². The van der Waals surface area contributed by atoms with Gasteiger partial charge in [0.1, 0.15) is 4.90 Å². The molecular weight excluding hydrogens is 378 g/mol. The molecule has 0 aromatic carbocycles. The monoisotopic (exact) mass is 405 g/mol. The second-order valence-corrected chi connectivity index (χ2v) is 9.12. The van der Waals surface area contributed by atoms with Crippen LogP contribution in [0.1, 0.15) is 39.0 Å². The van der Waals surface area contributed by atoms with Crippen LogP contribution >= 0.6 is 12.4 Å². The molecule has 0 spiro atoms. The van der Waals surface area contributed by atoms with Crippen molar-refractivity contribution in [1.82, 2.24) is 19.8 Å². The Morgan fingerprint density at radius 1 is 1.35 bits per heavy atom. The van der Waals surface area contributed by atoms with Crippen molar-refractivity contribution in [3.63, 3.8) is 0 Å². The third-order valence-corrected chi connectivity index (χ3v) is 6.90. The Morgan fingerprint density at radius 2 is 1.96 bits per heavy atom. The fourth-order valence-corrected chi connectivity index (χ4v) is 5.39. The minimum atomic E-state index is -3.77. The van der Waals surface area contributed by atoms with Crippen molar-refractivity contribution in [3.8, 4) is 0 Å². The summed E-state index contributed by atoms with van der Waals surface area (Å²) in [5, 5.41) is 6.94. The molecule has 2 fully saturated rings. The highest BCUT2D eigenvalue weighted by molar-refractivity contribution is 7.89. The molecule has 8 nitrogen and oxygen atoms in total. The molecule has 0 aliphatic heterocycles. The summed E-state index contributed by atoms with van der Waals surface area (Å²) in [4.78, 5) is 12.6. The summed E-state index contributed by atoms with van der Waals surface area (Å²) in [5.74, 6) is 0.506. The maximum Gasteiger partial charge on any atom is 0.244 e. The molecular formula is C16H28ClN5O3S. The van der Waals surface area contributed by atoms with Gasteiger partial charge < -0.3 is 11.1 Å². The average molecular weight is 406 g/mol. The summed E-state index contributed by atoms with van der Waals surface area (Å²) < 4.78 is 28.5. The summed E-state index contributed by atoms with van der Waals surface area (Å²) >= 11 is 0. The molecule has 1 aromatic heterocycles. The minimum absolute atomic E-state index is 0. The number of carbonyl (C=O) groups excluding carboxylic acids is 1. The third kappa shape index (κ3) is 4.57. The lowest BCUT2D eigenvalue weighted by atomic mass is 9.67. The second-order valence-electron chi connectivity index (χ2n) is 7.41. The number of aromatic nitrogens is 2.